The average molecular weight is 499 g/mol. The number of halogens is 6. The second-order valence-corrected chi connectivity index (χ2v) is 8.11. The monoisotopic (exact) mass is 499 g/mol. The normalized spacial score (nSPS) is 16.0. The zero-order valence-electron chi connectivity index (χ0n) is 17.0. The van der Waals surface area contributed by atoms with Crippen molar-refractivity contribution in [2.45, 2.75) is 18.7 Å². The predicted octanol–water partition coefficient (Wildman–Crippen LogP) is 6.54. The molecule has 0 spiro atoms. The van der Waals surface area contributed by atoms with Gasteiger partial charge in [0.05, 0.1) is 22.8 Å². The fourth-order valence-electron chi connectivity index (χ4n) is 3.37. The molecule has 1 aliphatic rings. The van der Waals surface area contributed by atoms with Gasteiger partial charge in [0.2, 0.25) is 0 Å². The molecule has 0 saturated carbocycles. The number of rotatable bonds is 5. The maximum atomic E-state index is 13.4. The van der Waals surface area contributed by atoms with Crippen molar-refractivity contribution in [1.82, 2.24) is 5.01 Å². The third-order valence-electron chi connectivity index (χ3n) is 4.95. The summed E-state index contributed by atoms with van der Waals surface area (Å²) in [6.45, 7) is -2.96. The summed E-state index contributed by atoms with van der Waals surface area (Å²) < 4.78 is 81.1. The molecule has 2 amide bonds. The molecule has 5 nitrogen and oxygen atoms in total. The van der Waals surface area contributed by atoms with Crippen LogP contribution < -0.4 is 10.1 Å². The number of nitrogens with zero attached hydrogens (tertiary/aromatic N) is 2. The van der Waals surface area contributed by atoms with E-state index in [0.717, 1.165) is 27.8 Å². The van der Waals surface area contributed by atoms with Crippen LogP contribution in [0.15, 0.2) is 65.1 Å². The van der Waals surface area contributed by atoms with Crippen LogP contribution in [0.2, 0.25) is 0 Å². The summed E-state index contributed by atoms with van der Waals surface area (Å²) in [6, 6.07) is 11.2. The third kappa shape index (κ3) is 5.33. The van der Waals surface area contributed by atoms with Crippen molar-refractivity contribution in [3.8, 4) is 5.75 Å². The molecule has 3 aromatic rings. The van der Waals surface area contributed by atoms with Gasteiger partial charge in [-0.25, -0.2) is 14.2 Å². The molecule has 0 aliphatic carbocycles. The molecule has 0 bridgehead atoms. The van der Waals surface area contributed by atoms with Crippen molar-refractivity contribution >= 4 is 28.1 Å². The summed E-state index contributed by atoms with van der Waals surface area (Å²) >= 11 is 0.722. The van der Waals surface area contributed by atoms with Gasteiger partial charge in [-0.2, -0.15) is 27.1 Å². The summed E-state index contributed by atoms with van der Waals surface area (Å²) in [5, 5.41) is 8.65. The Morgan fingerprint density at radius 1 is 1.12 bits per heavy atom. The van der Waals surface area contributed by atoms with E-state index in [1.165, 1.54) is 48.5 Å². The first kappa shape index (κ1) is 23.6. The molecule has 1 atom stereocenters. The van der Waals surface area contributed by atoms with Crippen LogP contribution in [0.1, 0.15) is 22.6 Å². The number of hydrazone groups is 1. The number of benzene rings is 2. The van der Waals surface area contributed by atoms with E-state index >= 15 is 0 Å². The highest BCUT2D eigenvalue weighted by Crippen LogP contribution is 2.35. The zero-order valence-corrected chi connectivity index (χ0v) is 17.8. The molecular formula is C22H15F6N3O2S. The summed E-state index contributed by atoms with van der Waals surface area (Å²) in [6.07, 6.45) is -4.54. The standard InChI is InChI=1S/C22H15F6N3O2S/c23-15-5-1-12(2-6-15)17-10-31(21(32)29-18-9-14(11-34-18)22(26,27)28)30-19(17)13-3-7-16(8-4-13)33-20(24)25/h1-9,11,17,20H,10H2,(H,29,32). The molecule has 12 heteroatoms. The molecule has 2 aromatic carbocycles. The highest BCUT2D eigenvalue weighted by Gasteiger charge is 2.34. The van der Waals surface area contributed by atoms with Crippen LogP contribution >= 0.6 is 11.3 Å². The van der Waals surface area contributed by atoms with E-state index in [4.69, 9.17) is 0 Å². The van der Waals surface area contributed by atoms with Gasteiger partial charge in [-0.1, -0.05) is 12.1 Å². The second kappa shape index (κ2) is 9.37. The summed E-state index contributed by atoms with van der Waals surface area (Å²) in [5.41, 5.74) is 0.654. The van der Waals surface area contributed by atoms with Crippen molar-refractivity contribution < 1.29 is 35.9 Å². The highest BCUT2D eigenvalue weighted by molar-refractivity contribution is 7.14. The molecule has 0 fully saturated rings. The van der Waals surface area contributed by atoms with Gasteiger partial charge < -0.3 is 4.74 Å². The number of hydrogen-bond donors (Lipinski definition) is 1. The van der Waals surface area contributed by atoms with Crippen molar-refractivity contribution in [1.29, 1.82) is 0 Å². The van der Waals surface area contributed by atoms with Crippen LogP contribution in [0.4, 0.5) is 36.1 Å². The van der Waals surface area contributed by atoms with Gasteiger partial charge in [-0.05, 0) is 53.6 Å². The molecule has 34 heavy (non-hydrogen) atoms. The average Bonchev–Trinajstić information content (AvgIpc) is 3.42. The maximum absolute atomic E-state index is 13.4. The molecule has 178 valence electrons. The fraction of sp³-hybridized carbons (Fsp3) is 0.182. The van der Waals surface area contributed by atoms with E-state index in [1.54, 1.807) is 0 Å². The number of anilines is 1. The van der Waals surface area contributed by atoms with Crippen molar-refractivity contribution in [3.63, 3.8) is 0 Å². The quantitative estimate of drug-likeness (QED) is 0.405. The van der Waals surface area contributed by atoms with Crippen molar-refractivity contribution in [2.24, 2.45) is 5.10 Å². The minimum Gasteiger partial charge on any atom is -0.435 e. The van der Waals surface area contributed by atoms with Crippen LogP contribution in [-0.4, -0.2) is 29.9 Å². The summed E-state index contributed by atoms with van der Waals surface area (Å²) in [4.78, 5) is 12.7. The minimum absolute atomic E-state index is 0.00666. The third-order valence-corrected chi connectivity index (χ3v) is 5.80. The van der Waals surface area contributed by atoms with E-state index in [9.17, 15) is 31.1 Å². The minimum atomic E-state index is -4.54. The number of hydrogen-bond acceptors (Lipinski definition) is 4. The number of urea groups is 1. The Balaban J connectivity index is 1.59. The lowest BCUT2D eigenvalue weighted by Gasteiger charge is -2.15. The first-order valence-corrected chi connectivity index (χ1v) is 10.6. The topological polar surface area (TPSA) is 53.9 Å². The van der Waals surface area contributed by atoms with Gasteiger partial charge in [0.1, 0.15) is 11.6 Å². The molecule has 1 N–H and O–H groups in total. The first-order chi connectivity index (χ1) is 16.1. The highest BCUT2D eigenvalue weighted by atomic mass is 32.1. The summed E-state index contributed by atoms with van der Waals surface area (Å²) in [5.74, 6) is -1.02. The van der Waals surface area contributed by atoms with E-state index in [1.807, 2.05) is 0 Å². The molecule has 0 radical (unpaired) electrons. The summed E-state index contributed by atoms with van der Waals surface area (Å²) in [7, 11) is 0. The fourth-order valence-corrected chi connectivity index (χ4v) is 4.17. The van der Waals surface area contributed by atoms with E-state index < -0.39 is 36.1 Å². The van der Waals surface area contributed by atoms with Gasteiger partial charge in [0, 0.05) is 11.3 Å². The number of amides is 2. The maximum Gasteiger partial charge on any atom is 0.417 e. The Hall–Kier alpha value is -3.54. The Bertz CT molecular complexity index is 1190. The lowest BCUT2D eigenvalue weighted by molar-refractivity contribution is -0.137. The lowest BCUT2D eigenvalue weighted by Crippen LogP contribution is -2.30. The Morgan fingerprint density at radius 3 is 2.38 bits per heavy atom. The van der Waals surface area contributed by atoms with Crippen LogP contribution in [0, 0.1) is 5.82 Å². The zero-order chi connectivity index (χ0) is 24.5. The molecule has 1 aromatic heterocycles. The molecule has 1 aliphatic heterocycles. The van der Waals surface area contributed by atoms with E-state index in [2.05, 4.69) is 15.2 Å². The number of thiophene rings is 1. The van der Waals surface area contributed by atoms with E-state index in [-0.39, 0.29) is 17.3 Å². The van der Waals surface area contributed by atoms with Gasteiger partial charge in [-0.15, -0.1) is 11.3 Å². The number of ether oxygens (including phenoxy) is 1. The molecule has 0 saturated heterocycles. The molecular weight excluding hydrogens is 484 g/mol. The number of nitrogens with one attached hydrogen (secondary N) is 1. The van der Waals surface area contributed by atoms with E-state index in [0.29, 0.717) is 16.8 Å². The largest absolute Gasteiger partial charge is 0.435 e. The first-order valence-electron chi connectivity index (χ1n) is 9.73. The van der Waals surface area contributed by atoms with Crippen LogP contribution in [-0.2, 0) is 6.18 Å². The molecule has 4 rings (SSSR count). The number of carbonyl (C=O) groups is 1. The van der Waals surface area contributed by atoms with Crippen molar-refractivity contribution in [2.75, 3.05) is 11.9 Å². The van der Waals surface area contributed by atoms with Crippen LogP contribution in [0.3, 0.4) is 0 Å². The Kier molecular flexibility index (Phi) is 6.51. The molecule has 1 unspecified atom stereocenters. The lowest BCUT2D eigenvalue weighted by atomic mass is 9.90. The SMILES string of the molecule is O=C(Nc1cc(C(F)(F)F)cs1)N1CC(c2ccc(F)cc2)C(c2ccc(OC(F)F)cc2)=N1. The Labute approximate surface area is 193 Å². The Morgan fingerprint density at radius 2 is 1.79 bits per heavy atom. The smallest absolute Gasteiger partial charge is 0.417 e. The van der Waals surface area contributed by atoms with Gasteiger partial charge in [-0.3, -0.25) is 5.32 Å². The second-order valence-electron chi connectivity index (χ2n) is 7.20. The van der Waals surface area contributed by atoms with Crippen molar-refractivity contribution in [3.05, 3.63) is 82.5 Å². The van der Waals surface area contributed by atoms with Gasteiger partial charge in [0.25, 0.3) is 0 Å². The van der Waals surface area contributed by atoms with Gasteiger partial charge >= 0.3 is 18.8 Å². The van der Waals surface area contributed by atoms with Crippen LogP contribution in [0.25, 0.3) is 0 Å². The number of alkyl halides is 5. The predicted molar refractivity (Wildman–Crippen MR) is 114 cm³/mol. The van der Waals surface area contributed by atoms with Crippen LogP contribution in [0.5, 0.6) is 5.75 Å². The number of carbonyl (C=O) groups excluding carboxylic acids is 1. The molecule has 2 heterocycles. The van der Waals surface area contributed by atoms with Gasteiger partial charge in [0.15, 0.2) is 0 Å².